The van der Waals surface area contributed by atoms with E-state index in [0.29, 0.717) is 48.8 Å². The van der Waals surface area contributed by atoms with Crippen molar-refractivity contribution in [3.05, 3.63) is 59.7 Å². The zero-order valence-electron chi connectivity index (χ0n) is 17.5. The normalized spacial score (nSPS) is 14.8. The highest BCUT2D eigenvalue weighted by Crippen LogP contribution is 2.18. The second-order valence-electron chi connectivity index (χ2n) is 7.19. The number of piperazine rings is 1. The number of Topliss-reactive ketones (excluding diaryl/α,β-unsaturated/α-hetero) is 1. The van der Waals surface area contributed by atoms with Gasteiger partial charge in [0, 0.05) is 37.3 Å². The minimum absolute atomic E-state index is 0.0590. The van der Waals surface area contributed by atoms with Crippen LogP contribution in [0, 0.1) is 0 Å². The van der Waals surface area contributed by atoms with E-state index in [1.165, 1.54) is 6.92 Å². The van der Waals surface area contributed by atoms with Crippen LogP contribution in [0.25, 0.3) is 0 Å². The van der Waals surface area contributed by atoms with E-state index in [1.807, 2.05) is 0 Å². The molecular weight excluding hydrogens is 384 g/mol. The van der Waals surface area contributed by atoms with Crippen LogP contribution in [0.4, 0.5) is 0 Å². The molecule has 1 saturated heterocycles. The van der Waals surface area contributed by atoms with Crippen molar-refractivity contribution in [1.29, 1.82) is 0 Å². The van der Waals surface area contributed by atoms with Crippen molar-refractivity contribution in [3.8, 4) is 11.5 Å². The number of rotatable bonds is 6. The van der Waals surface area contributed by atoms with Crippen LogP contribution in [0.15, 0.2) is 48.5 Å². The molecule has 0 bridgehead atoms. The number of benzene rings is 2. The lowest BCUT2D eigenvalue weighted by Crippen LogP contribution is -2.53. The molecule has 2 amide bonds. The van der Waals surface area contributed by atoms with Crippen LogP contribution in [0.2, 0.25) is 0 Å². The molecule has 7 heteroatoms. The second-order valence-corrected chi connectivity index (χ2v) is 7.19. The quantitative estimate of drug-likeness (QED) is 0.685. The Kier molecular flexibility index (Phi) is 6.72. The number of ketones is 1. The number of ether oxygens (including phenoxy) is 2. The van der Waals surface area contributed by atoms with Crippen molar-refractivity contribution >= 4 is 17.6 Å². The van der Waals surface area contributed by atoms with Crippen LogP contribution in [0.5, 0.6) is 11.5 Å². The van der Waals surface area contributed by atoms with Gasteiger partial charge in [-0.2, -0.15) is 0 Å². The molecule has 1 aliphatic rings. The number of carbonyl (C=O) groups excluding carboxylic acids is 3. The van der Waals surface area contributed by atoms with Gasteiger partial charge in [-0.25, -0.2) is 0 Å². The number of hydrogen-bond donors (Lipinski definition) is 0. The Morgan fingerprint density at radius 2 is 1.43 bits per heavy atom. The molecule has 158 valence electrons. The van der Waals surface area contributed by atoms with E-state index in [-0.39, 0.29) is 17.6 Å². The van der Waals surface area contributed by atoms with Crippen LogP contribution < -0.4 is 9.47 Å². The number of hydrogen-bond acceptors (Lipinski definition) is 5. The first-order chi connectivity index (χ1) is 14.4. The summed E-state index contributed by atoms with van der Waals surface area (Å²) in [5.74, 6) is 0.837. The molecule has 3 rings (SSSR count). The van der Waals surface area contributed by atoms with Crippen molar-refractivity contribution in [2.24, 2.45) is 0 Å². The summed E-state index contributed by atoms with van der Waals surface area (Å²) in [5, 5.41) is 0. The van der Waals surface area contributed by atoms with Gasteiger partial charge in [-0.1, -0.05) is 18.2 Å². The molecule has 0 spiro atoms. The average molecular weight is 410 g/mol. The number of nitrogens with zero attached hydrogens (tertiary/aromatic N) is 2. The number of carbonyl (C=O) groups is 3. The summed E-state index contributed by atoms with van der Waals surface area (Å²) in [6.45, 7) is 4.96. The molecule has 1 fully saturated rings. The van der Waals surface area contributed by atoms with Crippen molar-refractivity contribution in [3.63, 3.8) is 0 Å². The molecule has 0 radical (unpaired) electrons. The molecule has 0 aliphatic carbocycles. The van der Waals surface area contributed by atoms with Gasteiger partial charge in [-0.3, -0.25) is 14.4 Å². The van der Waals surface area contributed by atoms with Gasteiger partial charge in [0.15, 0.2) is 11.9 Å². The average Bonchev–Trinajstić information content (AvgIpc) is 2.78. The van der Waals surface area contributed by atoms with Crippen molar-refractivity contribution in [2.75, 3.05) is 33.3 Å². The first-order valence-electron chi connectivity index (χ1n) is 9.89. The van der Waals surface area contributed by atoms with E-state index in [9.17, 15) is 14.4 Å². The van der Waals surface area contributed by atoms with E-state index in [4.69, 9.17) is 9.47 Å². The standard InChI is InChI=1S/C23H26N2O5/c1-16(26)18-6-4-9-21(14-18)30-17(2)22(27)24-10-12-25(13-11-24)23(28)19-7-5-8-20(15-19)29-3/h4-9,14-15,17H,10-13H2,1-3H3. The lowest BCUT2D eigenvalue weighted by atomic mass is 10.1. The maximum atomic E-state index is 12.8. The van der Waals surface area contributed by atoms with Gasteiger partial charge >= 0.3 is 0 Å². The molecular formula is C23H26N2O5. The Morgan fingerprint density at radius 3 is 2.07 bits per heavy atom. The third-order valence-electron chi connectivity index (χ3n) is 5.10. The lowest BCUT2D eigenvalue weighted by Gasteiger charge is -2.36. The highest BCUT2D eigenvalue weighted by atomic mass is 16.5. The molecule has 0 aromatic heterocycles. The third-order valence-corrected chi connectivity index (χ3v) is 5.10. The Labute approximate surface area is 176 Å². The maximum Gasteiger partial charge on any atom is 0.263 e. The fourth-order valence-corrected chi connectivity index (χ4v) is 3.37. The molecule has 0 N–H and O–H groups in total. The molecule has 2 aromatic carbocycles. The van der Waals surface area contributed by atoms with E-state index >= 15 is 0 Å². The molecule has 7 nitrogen and oxygen atoms in total. The van der Waals surface area contributed by atoms with E-state index in [1.54, 1.807) is 72.4 Å². The second kappa shape index (κ2) is 9.43. The highest BCUT2D eigenvalue weighted by Gasteiger charge is 2.28. The topological polar surface area (TPSA) is 76.2 Å². The lowest BCUT2D eigenvalue weighted by molar-refractivity contribution is -0.139. The Bertz CT molecular complexity index is 935. The van der Waals surface area contributed by atoms with Crippen LogP contribution >= 0.6 is 0 Å². The maximum absolute atomic E-state index is 12.8. The number of amides is 2. The Morgan fingerprint density at radius 1 is 0.867 bits per heavy atom. The zero-order valence-corrected chi connectivity index (χ0v) is 17.5. The first-order valence-corrected chi connectivity index (χ1v) is 9.89. The molecule has 1 heterocycles. The summed E-state index contributed by atoms with van der Waals surface area (Å²) in [4.78, 5) is 40.4. The minimum Gasteiger partial charge on any atom is -0.497 e. The van der Waals surface area contributed by atoms with Gasteiger partial charge in [-0.15, -0.1) is 0 Å². The molecule has 1 unspecified atom stereocenters. The summed E-state index contributed by atoms with van der Waals surface area (Å²) in [7, 11) is 1.56. The van der Waals surface area contributed by atoms with Crippen LogP contribution in [-0.2, 0) is 4.79 Å². The van der Waals surface area contributed by atoms with Gasteiger partial charge in [0.05, 0.1) is 7.11 Å². The molecule has 0 saturated carbocycles. The van der Waals surface area contributed by atoms with Crippen molar-refractivity contribution < 1.29 is 23.9 Å². The summed E-state index contributed by atoms with van der Waals surface area (Å²) < 4.78 is 10.9. The predicted octanol–water partition coefficient (Wildman–Crippen LogP) is 2.65. The molecule has 2 aromatic rings. The Hall–Kier alpha value is -3.35. The van der Waals surface area contributed by atoms with E-state index in [2.05, 4.69) is 0 Å². The van der Waals surface area contributed by atoms with E-state index in [0.717, 1.165) is 0 Å². The SMILES string of the molecule is COc1cccc(C(=O)N2CCN(C(=O)C(C)Oc3cccc(C(C)=O)c3)CC2)c1. The number of methoxy groups -OCH3 is 1. The van der Waals surface area contributed by atoms with Crippen molar-refractivity contribution in [2.45, 2.75) is 20.0 Å². The van der Waals surface area contributed by atoms with Gasteiger partial charge in [-0.05, 0) is 44.2 Å². The summed E-state index contributed by atoms with van der Waals surface area (Å²) in [6.07, 6.45) is -0.687. The Balaban J connectivity index is 1.56. The zero-order chi connectivity index (χ0) is 21.7. The van der Waals surface area contributed by atoms with Crippen LogP contribution in [0.3, 0.4) is 0 Å². The molecule has 1 aliphatic heterocycles. The van der Waals surface area contributed by atoms with Gasteiger partial charge in [0.1, 0.15) is 11.5 Å². The first kappa shape index (κ1) is 21.4. The third kappa shape index (κ3) is 4.97. The minimum atomic E-state index is -0.687. The van der Waals surface area contributed by atoms with Gasteiger partial charge in [0.2, 0.25) is 0 Å². The van der Waals surface area contributed by atoms with Crippen molar-refractivity contribution in [1.82, 2.24) is 9.80 Å². The predicted molar refractivity (Wildman–Crippen MR) is 112 cm³/mol. The summed E-state index contributed by atoms with van der Waals surface area (Å²) in [6, 6.07) is 13.8. The molecule has 1 atom stereocenters. The monoisotopic (exact) mass is 410 g/mol. The summed E-state index contributed by atoms with van der Waals surface area (Å²) >= 11 is 0. The summed E-state index contributed by atoms with van der Waals surface area (Å²) in [5.41, 5.74) is 1.10. The van der Waals surface area contributed by atoms with Crippen LogP contribution in [-0.4, -0.2) is 66.8 Å². The van der Waals surface area contributed by atoms with Crippen LogP contribution in [0.1, 0.15) is 34.6 Å². The smallest absolute Gasteiger partial charge is 0.263 e. The fraction of sp³-hybridized carbons (Fsp3) is 0.348. The van der Waals surface area contributed by atoms with Gasteiger partial charge < -0.3 is 19.3 Å². The largest absolute Gasteiger partial charge is 0.497 e. The highest BCUT2D eigenvalue weighted by molar-refractivity contribution is 5.95. The van der Waals surface area contributed by atoms with E-state index < -0.39 is 6.10 Å². The van der Waals surface area contributed by atoms with Gasteiger partial charge in [0.25, 0.3) is 11.8 Å². The molecule has 30 heavy (non-hydrogen) atoms. The fourth-order valence-electron chi connectivity index (χ4n) is 3.37.